The van der Waals surface area contributed by atoms with Crippen molar-refractivity contribution in [1.29, 1.82) is 0 Å². The second-order valence-corrected chi connectivity index (χ2v) is 12.0. The first-order valence-corrected chi connectivity index (χ1v) is 12.5. The summed E-state index contributed by atoms with van der Waals surface area (Å²) >= 11 is 0. The van der Waals surface area contributed by atoms with E-state index in [1.807, 2.05) is 25.7 Å². The van der Waals surface area contributed by atoms with Crippen molar-refractivity contribution < 1.29 is 29.0 Å². The number of unbranched alkanes of at least 4 members (excludes halogenated alkanes) is 1. The maximum atomic E-state index is 11.4. The normalized spacial score (nSPS) is 13.0. The Hall–Kier alpha value is -1.76. The van der Waals surface area contributed by atoms with Crippen LogP contribution >= 0.6 is 0 Å². The van der Waals surface area contributed by atoms with Gasteiger partial charge in [-0.1, -0.05) is 24.6 Å². The highest BCUT2D eigenvalue weighted by atomic mass is 28.4. The number of hydrogen-bond acceptors (Lipinski definition) is 6. The third-order valence-corrected chi connectivity index (χ3v) is 4.88. The van der Waals surface area contributed by atoms with Gasteiger partial charge in [0.05, 0.1) is 0 Å². The molecule has 0 saturated carbocycles. The molecule has 0 bridgehead atoms. The number of aliphatic hydroxyl groups is 2. The van der Waals surface area contributed by atoms with Gasteiger partial charge in [-0.2, -0.15) is 0 Å². The zero-order chi connectivity index (χ0) is 20.5. The minimum absolute atomic E-state index is 0.0849. The zero-order valence-corrected chi connectivity index (χ0v) is 17.5. The third-order valence-electron chi connectivity index (χ3n) is 3.88. The average molecular weight is 395 g/mol. The quantitative estimate of drug-likeness (QED) is 0.245. The number of para-hydroxylation sites is 1. The molecule has 1 aromatic rings. The number of ketones is 1. The lowest BCUT2D eigenvalue weighted by atomic mass is 9.97. The van der Waals surface area contributed by atoms with Gasteiger partial charge < -0.3 is 24.2 Å². The molecule has 0 radical (unpaired) electrons. The van der Waals surface area contributed by atoms with E-state index in [1.165, 1.54) is 6.92 Å². The first-order chi connectivity index (χ1) is 12.6. The molecule has 1 aromatic carbocycles. The van der Waals surface area contributed by atoms with Crippen LogP contribution in [0.2, 0.25) is 19.6 Å². The van der Waals surface area contributed by atoms with Crippen molar-refractivity contribution in [3.8, 4) is 5.75 Å². The molecule has 1 rings (SSSR count). The number of carbonyl (C=O) groups excluding carboxylic acids is 2. The van der Waals surface area contributed by atoms with Gasteiger partial charge in [0.15, 0.2) is 8.32 Å². The zero-order valence-electron chi connectivity index (χ0n) is 16.5. The Bertz CT molecular complexity index is 644. The van der Waals surface area contributed by atoms with Crippen LogP contribution in [0.15, 0.2) is 35.9 Å². The topological polar surface area (TPSA) is 93.1 Å². The molecule has 1 atom stereocenters. The summed E-state index contributed by atoms with van der Waals surface area (Å²) in [6.45, 7) is 7.00. The number of hydrogen-bond donors (Lipinski definition) is 2. The summed E-state index contributed by atoms with van der Waals surface area (Å²) in [6, 6.07) is 8.78. The monoisotopic (exact) mass is 394 g/mol. The van der Waals surface area contributed by atoms with Gasteiger partial charge >= 0.3 is 0 Å². The van der Waals surface area contributed by atoms with Crippen molar-refractivity contribution in [2.24, 2.45) is 0 Å². The van der Waals surface area contributed by atoms with Crippen LogP contribution < -0.4 is 4.74 Å². The number of carbonyl (C=O) groups is 1. The third kappa shape index (κ3) is 8.64. The van der Waals surface area contributed by atoms with E-state index in [4.69, 9.17) is 9.16 Å². The summed E-state index contributed by atoms with van der Waals surface area (Å²) in [5.74, 6) is -0.293. The van der Waals surface area contributed by atoms with Gasteiger partial charge in [0.25, 0.3) is 0 Å². The molecule has 0 amide bonds. The molecule has 0 heterocycles. The minimum atomic E-state index is -2.49. The van der Waals surface area contributed by atoms with E-state index in [0.717, 1.165) is 0 Å². The van der Waals surface area contributed by atoms with Crippen molar-refractivity contribution in [3.05, 3.63) is 35.9 Å². The van der Waals surface area contributed by atoms with Crippen LogP contribution in [0.4, 0.5) is 0 Å². The molecule has 27 heavy (non-hydrogen) atoms. The van der Waals surface area contributed by atoms with Gasteiger partial charge in [0.1, 0.15) is 35.8 Å². The molecule has 7 heteroatoms. The fourth-order valence-corrected chi connectivity index (χ4v) is 3.69. The highest BCUT2D eigenvalue weighted by Gasteiger charge is 2.42. The maximum absolute atomic E-state index is 11.4. The predicted molar refractivity (Wildman–Crippen MR) is 106 cm³/mol. The molecule has 0 aliphatic heterocycles. The van der Waals surface area contributed by atoms with E-state index >= 15 is 0 Å². The van der Waals surface area contributed by atoms with Gasteiger partial charge in [0.2, 0.25) is 5.79 Å². The van der Waals surface area contributed by atoms with Crippen molar-refractivity contribution in [3.63, 3.8) is 0 Å². The molecule has 150 valence electrons. The molecular formula is C20H30O6Si. The van der Waals surface area contributed by atoms with E-state index < -0.39 is 20.2 Å². The largest absolute Gasteiger partial charge is 0.488 e. The first kappa shape index (κ1) is 23.3. The summed E-state index contributed by atoms with van der Waals surface area (Å²) in [5, 5.41) is 21.4. The molecule has 0 fully saturated rings. The Morgan fingerprint density at radius 3 is 2.33 bits per heavy atom. The predicted octanol–water partition coefficient (Wildman–Crippen LogP) is 2.87. The van der Waals surface area contributed by atoms with Crippen LogP contribution in [-0.2, 0) is 14.0 Å². The Morgan fingerprint density at radius 1 is 1.19 bits per heavy atom. The van der Waals surface area contributed by atoms with Gasteiger partial charge in [0, 0.05) is 6.42 Å². The van der Waals surface area contributed by atoms with E-state index in [-0.39, 0.29) is 18.0 Å². The number of Topliss-reactive ketones (excluding diaryl/α,β-unsaturated/α-hetero) is 1. The fraction of sp³-hybridized carbons (Fsp3) is 0.550. The molecule has 0 aliphatic rings. The summed E-state index contributed by atoms with van der Waals surface area (Å²) in [4.78, 5) is 22.5. The summed E-state index contributed by atoms with van der Waals surface area (Å²) < 4.78 is 11.4. The lowest BCUT2D eigenvalue weighted by Crippen LogP contribution is -2.51. The second kappa shape index (κ2) is 10.5. The molecular weight excluding hydrogens is 364 g/mol. The van der Waals surface area contributed by atoms with E-state index in [9.17, 15) is 19.8 Å². The van der Waals surface area contributed by atoms with Crippen LogP contribution in [0.25, 0.3) is 0 Å². The minimum Gasteiger partial charge on any atom is -0.488 e. The van der Waals surface area contributed by atoms with Gasteiger partial charge in [-0.3, -0.25) is 0 Å². The van der Waals surface area contributed by atoms with Crippen LogP contribution in [0.5, 0.6) is 5.75 Å². The van der Waals surface area contributed by atoms with Gasteiger partial charge in [-0.25, -0.2) is 4.79 Å². The van der Waals surface area contributed by atoms with Crippen LogP contribution in [-0.4, -0.2) is 48.8 Å². The first-order valence-electron chi connectivity index (χ1n) is 9.10. The summed E-state index contributed by atoms with van der Waals surface area (Å²) in [7, 11) is -2.13. The van der Waals surface area contributed by atoms with Crippen molar-refractivity contribution >= 4 is 20.0 Å². The molecule has 2 N–H and O–H groups in total. The standard InChI is InChI=1S/C20H30O6Si/c1-16(22)10-8-9-13-19(26-27(2,3)4)20(23,24)17(14-21)15-25-18-11-6-5-7-12-18/h5-7,11-12,19,23-24H,8-10,13,15H2,1-4H3. The molecule has 0 saturated heterocycles. The lowest BCUT2D eigenvalue weighted by molar-refractivity contribution is -0.194. The Labute approximate surface area is 161 Å². The number of rotatable bonds is 12. The van der Waals surface area contributed by atoms with Crippen LogP contribution in [0.1, 0.15) is 32.6 Å². The molecule has 0 aromatic heterocycles. The highest BCUT2D eigenvalue weighted by molar-refractivity contribution is 6.69. The SMILES string of the molecule is CC(=O)CCCCC(O[Si](C)(C)C)C(O)(O)C(=C=O)COc1ccccc1. The average Bonchev–Trinajstić information content (AvgIpc) is 2.57. The van der Waals surface area contributed by atoms with Crippen LogP contribution in [0, 0.1) is 0 Å². The Balaban J connectivity index is 2.86. The Morgan fingerprint density at radius 2 is 1.81 bits per heavy atom. The molecule has 0 spiro atoms. The van der Waals surface area contributed by atoms with Crippen LogP contribution in [0.3, 0.4) is 0 Å². The van der Waals surface area contributed by atoms with Crippen molar-refractivity contribution in [2.75, 3.05) is 6.61 Å². The molecule has 6 nitrogen and oxygen atoms in total. The second-order valence-electron chi connectivity index (χ2n) is 7.58. The number of ether oxygens (including phenoxy) is 1. The summed E-state index contributed by atoms with van der Waals surface area (Å²) in [6.07, 6.45) is 0.936. The van der Waals surface area contributed by atoms with E-state index in [2.05, 4.69) is 0 Å². The van der Waals surface area contributed by atoms with E-state index in [1.54, 1.807) is 30.2 Å². The fourth-order valence-electron chi connectivity index (χ4n) is 2.55. The maximum Gasteiger partial charge on any atom is 0.226 e. The van der Waals surface area contributed by atoms with E-state index in [0.29, 0.717) is 31.4 Å². The summed E-state index contributed by atoms with van der Waals surface area (Å²) in [5.41, 5.74) is -0.318. The van der Waals surface area contributed by atoms with Gasteiger partial charge in [-0.05, 0) is 51.5 Å². The molecule has 0 aliphatic carbocycles. The number of benzene rings is 1. The highest BCUT2D eigenvalue weighted by Crippen LogP contribution is 2.27. The van der Waals surface area contributed by atoms with Crippen molar-refractivity contribution in [2.45, 2.75) is 64.1 Å². The van der Waals surface area contributed by atoms with Crippen molar-refractivity contribution in [1.82, 2.24) is 0 Å². The lowest BCUT2D eigenvalue weighted by Gasteiger charge is -2.36. The Kier molecular flexibility index (Phi) is 9.09. The molecule has 1 unspecified atom stereocenters. The van der Waals surface area contributed by atoms with Gasteiger partial charge in [-0.15, -0.1) is 0 Å². The smallest absolute Gasteiger partial charge is 0.226 e.